The van der Waals surface area contributed by atoms with Crippen molar-refractivity contribution in [1.82, 2.24) is 19.3 Å². The third kappa shape index (κ3) is 4.41. The molecule has 8 heteroatoms. The van der Waals surface area contributed by atoms with Gasteiger partial charge >= 0.3 is 0 Å². The third-order valence-corrected chi connectivity index (χ3v) is 6.82. The van der Waals surface area contributed by atoms with E-state index in [2.05, 4.69) is 14.8 Å². The second-order valence-electron chi connectivity index (χ2n) is 7.81. The molecule has 0 bridgehead atoms. The van der Waals surface area contributed by atoms with Crippen molar-refractivity contribution in [3.8, 4) is 17.1 Å². The van der Waals surface area contributed by atoms with E-state index in [1.54, 1.807) is 7.11 Å². The summed E-state index contributed by atoms with van der Waals surface area (Å²) in [5, 5.41) is 9.31. The van der Waals surface area contributed by atoms with E-state index in [9.17, 15) is 4.79 Å². The zero-order valence-corrected chi connectivity index (χ0v) is 19.2. The lowest BCUT2D eigenvalue weighted by Gasteiger charge is -2.14. The highest BCUT2D eigenvalue weighted by Crippen LogP contribution is 2.30. The van der Waals surface area contributed by atoms with Gasteiger partial charge in [-0.2, -0.15) is 0 Å². The van der Waals surface area contributed by atoms with Gasteiger partial charge in [-0.3, -0.25) is 4.79 Å². The zero-order chi connectivity index (χ0) is 22.0. The summed E-state index contributed by atoms with van der Waals surface area (Å²) in [5.74, 6) is 1.85. The van der Waals surface area contributed by atoms with E-state index in [-0.39, 0.29) is 11.9 Å². The van der Waals surface area contributed by atoms with Crippen molar-refractivity contribution in [3.05, 3.63) is 47.3 Å². The maximum Gasteiger partial charge on any atom is 0.191 e. The van der Waals surface area contributed by atoms with Crippen molar-refractivity contribution < 1.29 is 14.3 Å². The molecule has 1 aliphatic heterocycles. The van der Waals surface area contributed by atoms with E-state index < -0.39 is 0 Å². The van der Waals surface area contributed by atoms with Crippen LogP contribution < -0.4 is 4.74 Å². The van der Waals surface area contributed by atoms with Crippen molar-refractivity contribution in [2.45, 2.75) is 44.5 Å². The molecule has 3 heterocycles. The Bertz CT molecular complexity index is 1080. The number of para-hydroxylation sites is 1. The number of thioether (sulfide) groups is 1. The Kier molecular flexibility index (Phi) is 6.48. The summed E-state index contributed by atoms with van der Waals surface area (Å²) in [7, 11) is 3.54. The fourth-order valence-electron chi connectivity index (χ4n) is 4.07. The SMILES string of the molecule is COc1ccccc1-c1nnc(SCC(=O)c2cc(C)n(CC3CCCO3)c2C)n1C. The van der Waals surface area contributed by atoms with Crippen molar-refractivity contribution in [2.24, 2.45) is 7.05 Å². The Morgan fingerprint density at radius 2 is 2.10 bits per heavy atom. The molecule has 0 saturated carbocycles. The van der Waals surface area contributed by atoms with Crippen LogP contribution in [0.15, 0.2) is 35.5 Å². The van der Waals surface area contributed by atoms with Crippen LogP contribution in [0, 0.1) is 13.8 Å². The highest BCUT2D eigenvalue weighted by Gasteiger charge is 2.22. The van der Waals surface area contributed by atoms with Crippen LogP contribution in [0.2, 0.25) is 0 Å². The number of carbonyl (C=O) groups is 1. The number of nitrogens with zero attached hydrogens (tertiary/aromatic N) is 4. The molecule has 0 spiro atoms. The normalized spacial score (nSPS) is 16.1. The average Bonchev–Trinajstić information content (AvgIpc) is 3.49. The second kappa shape index (κ2) is 9.28. The Morgan fingerprint density at radius 3 is 2.84 bits per heavy atom. The third-order valence-electron chi connectivity index (χ3n) is 5.80. The molecule has 1 aromatic carbocycles. The zero-order valence-electron chi connectivity index (χ0n) is 18.4. The molecule has 2 aromatic heterocycles. The maximum absolute atomic E-state index is 13.0. The first-order chi connectivity index (χ1) is 15.0. The number of rotatable bonds is 8. The first-order valence-corrected chi connectivity index (χ1v) is 11.4. The highest BCUT2D eigenvalue weighted by atomic mass is 32.2. The average molecular weight is 441 g/mol. The fourth-order valence-corrected chi connectivity index (χ4v) is 4.86. The van der Waals surface area contributed by atoms with Crippen LogP contribution in [0.25, 0.3) is 11.4 Å². The molecule has 1 fully saturated rings. The van der Waals surface area contributed by atoms with E-state index in [0.717, 1.165) is 54.3 Å². The lowest BCUT2D eigenvalue weighted by atomic mass is 10.2. The molecule has 7 nitrogen and oxygen atoms in total. The quantitative estimate of drug-likeness (QED) is 0.389. The number of ketones is 1. The fraction of sp³-hybridized carbons (Fsp3) is 0.435. The van der Waals surface area contributed by atoms with E-state index >= 15 is 0 Å². The van der Waals surface area contributed by atoms with Gasteiger partial charge in [0.15, 0.2) is 16.8 Å². The maximum atomic E-state index is 13.0. The molecule has 31 heavy (non-hydrogen) atoms. The van der Waals surface area contributed by atoms with E-state index in [1.807, 2.05) is 55.8 Å². The molecule has 4 rings (SSSR count). The lowest BCUT2D eigenvalue weighted by Crippen LogP contribution is -2.17. The van der Waals surface area contributed by atoms with Crippen LogP contribution in [0.5, 0.6) is 5.75 Å². The van der Waals surface area contributed by atoms with Gasteiger partial charge in [0.1, 0.15) is 5.75 Å². The largest absolute Gasteiger partial charge is 0.496 e. The van der Waals surface area contributed by atoms with E-state index in [0.29, 0.717) is 16.7 Å². The van der Waals surface area contributed by atoms with Crippen molar-refractivity contribution in [2.75, 3.05) is 19.5 Å². The molecule has 1 atom stereocenters. The smallest absolute Gasteiger partial charge is 0.191 e. The topological polar surface area (TPSA) is 71.2 Å². The highest BCUT2D eigenvalue weighted by molar-refractivity contribution is 7.99. The summed E-state index contributed by atoms with van der Waals surface area (Å²) in [6.45, 7) is 5.71. The van der Waals surface area contributed by atoms with Gasteiger partial charge in [-0.15, -0.1) is 10.2 Å². The number of aryl methyl sites for hydroxylation is 1. The van der Waals surface area contributed by atoms with Gasteiger partial charge in [0, 0.05) is 37.2 Å². The second-order valence-corrected chi connectivity index (χ2v) is 8.75. The summed E-state index contributed by atoms with van der Waals surface area (Å²) < 4.78 is 15.3. The first-order valence-electron chi connectivity index (χ1n) is 10.5. The summed E-state index contributed by atoms with van der Waals surface area (Å²) >= 11 is 1.40. The van der Waals surface area contributed by atoms with Crippen molar-refractivity contribution >= 4 is 17.5 Å². The molecule has 0 aliphatic carbocycles. The number of methoxy groups -OCH3 is 1. The standard InChI is InChI=1S/C23H28N4O3S/c1-15-12-19(16(2)27(15)13-17-8-7-11-30-17)20(28)14-31-23-25-24-22(26(23)3)18-9-5-6-10-21(18)29-4/h5-6,9-10,12,17H,7-8,11,13-14H2,1-4H3. The number of ether oxygens (including phenoxy) is 2. The van der Waals surface area contributed by atoms with Gasteiger partial charge in [-0.25, -0.2) is 0 Å². The van der Waals surface area contributed by atoms with Crippen LogP contribution >= 0.6 is 11.8 Å². The molecule has 1 aliphatic rings. The summed E-state index contributed by atoms with van der Waals surface area (Å²) in [6.07, 6.45) is 2.44. The van der Waals surface area contributed by atoms with E-state index in [1.165, 1.54) is 11.8 Å². The molecule has 164 valence electrons. The van der Waals surface area contributed by atoms with Crippen LogP contribution in [-0.2, 0) is 18.3 Å². The monoisotopic (exact) mass is 440 g/mol. The van der Waals surface area contributed by atoms with Gasteiger partial charge in [0.2, 0.25) is 0 Å². The Balaban J connectivity index is 1.47. The Morgan fingerprint density at radius 1 is 1.29 bits per heavy atom. The van der Waals surface area contributed by atoms with Gasteiger partial charge in [-0.05, 0) is 44.9 Å². The van der Waals surface area contributed by atoms with Crippen LogP contribution in [0.1, 0.15) is 34.6 Å². The van der Waals surface area contributed by atoms with Crippen LogP contribution in [0.4, 0.5) is 0 Å². The summed E-state index contributed by atoms with van der Waals surface area (Å²) in [5.41, 5.74) is 3.75. The number of Topliss-reactive ketones (excluding diaryl/α,β-unsaturated/α-hetero) is 1. The number of hydrogen-bond acceptors (Lipinski definition) is 6. The minimum Gasteiger partial charge on any atom is -0.496 e. The molecule has 0 radical (unpaired) electrons. The minimum absolute atomic E-state index is 0.0959. The van der Waals surface area contributed by atoms with Gasteiger partial charge < -0.3 is 18.6 Å². The molecule has 3 aromatic rings. The van der Waals surface area contributed by atoms with Gasteiger partial charge in [0.05, 0.1) is 24.5 Å². The minimum atomic E-state index is 0.0959. The van der Waals surface area contributed by atoms with Crippen molar-refractivity contribution in [1.29, 1.82) is 0 Å². The van der Waals surface area contributed by atoms with Crippen molar-refractivity contribution in [3.63, 3.8) is 0 Å². The van der Waals surface area contributed by atoms with Crippen LogP contribution in [0.3, 0.4) is 0 Å². The molecular weight excluding hydrogens is 412 g/mol. The predicted molar refractivity (Wildman–Crippen MR) is 121 cm³/mol. The molecule has 1 unspecified atom stereocenters. The summed E-state index contributed by atoms with van der Waals surface area (Å²) in [6, 6.07) is 9.69. The van der Waals surface area contributed by atoms with E-state index in [4.69, 9.17) is 9.47 Å². The number of hydrogen-bond donors (Lipinski definition) is 0. The molecule has 0 amide bonds. The number of aromatic nitrogens is 4. The van der Waals surface area contributed by atoms with Crippen LogP contribution in [-0.4, -0.2) is 50.7 Å². The lowest BCUT2D eigenvalue weighted by molar-refractivity contribution is 0.0957. The molecule has 0 N–H and O–H groups in total. The molecule has 1 saturated heterocycles. The first kappa shape index (κ1) is 21.6. The summed E-state index contributed by atoms with van der Waals surface area (Å²) in [4.78, 5) is 13.0. The van der Waals surface area contributed by atoms with Gasteiger partial charge in [0.25, 0.3) is 0 Å². The number of carbonyl (C=O) groups excluding carboxylic acids is 1. The molecular formula is C23H28N4O3S. The number of benzene rings is 1. The predicted octanol–water partition coefficient (Wildman–Crippen LogP) is 4.06. The Labute approximate surface area is 186 Å². The Hall–Kier alpha value is -2.58. The van der Waals surface area contributed by atoms with Gasteiger partial charge in [-0.1, -0.05) is 23.9 Å².